The number of hydrogen-bond donors (Lipinski definition) is 2. The van der Waals surface area contributed by atoms with Gasteiger partial charge >= 0.3 is 5.97 Å². The maximum atomic E-state index is 12.2. The zero-order chi connectivity index (χ0) is 23.1. The first kappa shape index (κ1) is 22.5. The van der Waals surface area contributed by atoms with Gasteiger partial charge in [-0.2, -0.15) is 0 Å². The van der Waals surface area contributed by atoms with E-state index in [1.807, 2.05) is 13.8 Å². The van der Waals surface area contributed by atoms with Gasteiger partial charge < -0.3 is 24.6 Å². The zero-order valence-electron chi connectivity index (χ0n) is 17.9. The number of rotatable bonds is 8. The minimum Gasteiger partial charge on any atom is -0.489 e. The second kappa shape index (κ2) is 10.3. The summed E-state index contributed by atoms with van der Waals surface area (Å²) in [5.41, 5.74) is 2.89. The monoisotopic (exact) mass is 437 g/mol. The van der Waals surface area contributed by atoms with Crippen LogP contribution in [0.25, 0.3) is 0 Å². The van der Waals surface area contributed by atoms with Crippen LogP contribution in [0.15, 0.2) is 53.1 Å². The van der Waals surface area contributed by atoms with Crippen molar-refractivity contribution in [2.24, 2.45) is 0 Å². The topological polar surface area (TPSA) is 120 Å². The normalized spacial score (nSPS) is 10.3. The minimum absolute atomic E-state index is 0.225. The van der Waals surface area contributed by atoms with Crippen LogP contribution in [-0.4, -0.2) is 36.6 Å². The molecule has 0 radical (unpaired) electrons. The molecule has 32 heavy (non-hydrogen) atoms. The van der Waals surface area contributed by atoms with E-state index in [0.29, 0.717) is 29.4 Å². The van der Waals surface area contributed by atoms with Gasteiger partial charge in [0.25, 0.3) is 11.8 Å². The van der Waals surface area contributed by atoms with E-state index >= 15 is 0 Å². The second-order valence-corrected chi connectivity index (χ2v) is 6.90. The van der Waals surface area contributed by atoms with Gasteiger partial charge in [0.2, 0.25) is 0 Å². The number of carbonyl (C=O) groups is 3. The summed E-state index contributed by atoms with van der Waals surface area (Å²) in [4.78, 5) is 35.7. The molecule has 2 N–H and O–H groups in total. The molecule has 9 nitrogen and oxygen atoms in total. The molecule has 0 aliphatic rings. The minimum atomic E-state index is -0.632. The van der Waals surface area contributed by atoms with Gasteiger partial charge in [-0.05, 0) is 62.4 Å². The molecule has 1 heterocycles. The van der Waals surface area contributed by atoms with Crippen LogP contribution in [0.3, 0.4) is 0 Å². The Kier molecular flexibility index (Phi) is 7.22. The van der Waals surface area contributed by atoms with Gasteiger partial charge in [0.05, 0.1) is 16.8 Å². The molecular weight excluding hydrogens is 414 g/mol. The third kappa shape index (κ3) is 5.72. The third-order valence-corrected chi connectivity index (χ3v) is 4.65. The maximum Gasteiger partial charge on any atom is 0.338 e. The third-order valence-electron chi connectivity index (χ3n) is 4.65. The van der Waals surface area contributed by atoms with Crippen LogP contribution in [0, 0.1) is 13.8 Å². The fourth-order valence-electron chi connectivity index (χ4n) is 2.81. The number of nitrogens with zero attached hydrogens (tertiary/aromatic N) is 1. The molecule has 9 heteroatoms. The summed E-state index contributed by atoms with van der Waals surface area (Å²) < 4.78 is 15.9. The van der Waals surface area contributed by atoms with Gasteiger partial charge in [-0.15, -0.1) is 0 Å². The molecule has 0 bridgehead atoms. The summed E-state index contributed by atoms with van der Waals surface area (Å²) >= 11 is 0. The Morgan fingerprint density at radius 3 is 2.22 bits per heavy atom. The van der Waals surface area contributed by atoms with Crippen molar-refractivity contribution in [3.63, 3.8) is 0 Å². The molecule has 0 aliphatic heterocycles. The zero-order valence-corrected chi connectivity index (χ0v) is 17.9. The number of anilines is 1. The number of ether oxygens (including phenoxy) is 2. The summed E-state index contributed by atoms with van der Waals surface area (Å²) in [7, 11) is 1.54. The molecule has 0 saturated heterocycles. The Balaban J connectivity index is 1.47. The second-order valence-electron chi connectivity index (χ2n) is 6.90. The van der Waals surface area contributed by atoms with Crippen molar-refractivity contribution in [2.75, 3.05) is 19.0 Å². The van der Waals surface area contributed by atoms with Crippen molar-refractivity contribution >= 4 is 23.5 Å². The highest BCUT2D eigenvalue weighted by Gasteiger charge is 2.13. The lowest BCUT2D eigenvalue weighted by atomic mass is 10.2. The van der Waals surface area contributed by atoms with E-state index in [1.165, 1.54) is 7.05 Å². The van der Waals surface area contributed by atoms with Crippen LogP contribution in [0.1, 0.15) is 37.7 Å². The Labute approximate surface area is 184 Å². The quantitative estimate of drug-likeness (QED) is 0.520. The number of benzene rings is 2. The number of esters is 1. The molecule has 2 amide bonds. The van der Waals surface area contributed by atoms with Crippen molar-refractivity contribution in [1.29, 1.82) is 0 Å². The van der Waals surface area contributed by atoms with E-state index in [-0.39, 0.29) is 11.5 Å². The number of aromatic nitrogens is 1. The predicted octanol–water partition coefficient (Wildman–Crippen LogP) is 3.03. The molecular formula is C23H23N3O6. The highest BCUT2D eigenvalue weighted by molar-refractivity contribution is 5.97. The van der Waals surface area contributed by atoms with Crippen LogP contribution in [0.2, 0.25) is 0 Å². The highest BCUT2D eigenvalue weighted by atomic mass is 16.5. The summed E-state index contributed by atoms with van der Waals surface area (Å²) in [6.07, 6.45) is 0. The number of amides is 2. The summed E-state index contributed by atoms with van der Waals surface area (Å²) in [6, 6.07) is 12.7. The first-order valence-electron chi connectivity index (χ1n) is 9.81. The van der Waals surface area contributed by atoms with Crippen molar-refractivity contribution in [3.05, 3.63) is 76.7 Å². The average Bonchev–Trinajstić information content (AvgIpc) is 3.13. The SMILES string of the molecule is CNC(=O)c1ccc(NC(=O)COC(=O)c2ccc(OCc3c(C)noc3C)cc2)cc1. The van der Waals surface area contributed by atoms with Gasteiger partial charge in [-0.1, -0.05) is 5.16 Å². The van der Waals surface area contributed by atoms with Crippen LogP contribution >= 0.6 is 0 Å². The lowest BCUT2D eigenvalue weighted by molar-refractivity contribution is -0.119. The van der Waals surface area contributed by atoms with E-state index in [4.69, 9.17) is 14.0 Å². The number of carbonyl (C=O) groups excluding carboxylic acids is 3. The van der Waals surface area contributed by atoms with Gasteiger partial charge in [0, 0.05) is 18.3 Å². The maximum absolute atomic E-state index is 12.2. The molecule has 0 saturated carbocycles. The first-order valence-corrected chi connectivity index (χ1v) is 9.81. The summed E-state index contributed by atoms with van der Waals surface area (Å²) in [5.74, 6) is -0.0855. The molecule has 2 aromatic carbocycles. The van der Waals surface area contributed by atoms with Crippen LogP contribution < -0.4 is 15.4 Å². The molecule has 0 aliphatic carbocycles. The van der Waals surface area contributed by atoms with Crippen molar-refractivity contribution in [1.82, 2.24) is 10.5 Å². The number of aryl methyl sites for hydroxylation is 2. The Bertz CT molecular complexity index is 1080. The van der Waals surface area contributed by atoms with Crippen molar-refractivity contribution < 1.29 is 28.4 Å². The number of nitrogens with one attached hydrogen (secondary N) is 2. The Morgan fingerprint density at radius 1 is 0.969 bits per heavy atom. The average molecular weight is 437 g/mol. The molecule has 0 spiro atoms. The molecule has 166 valence electrons. The van der Waals surface area contributed by atoms with Crippen LogP contribution in [0.4, 0.5) is 5.69 Å². The first-order chi connectivity index (χ1) is 15.4. The van der Waals surface area contributed by atoms with Crippen LogP contribution in [-0.2, 0) is 16.1 Å². The summed E-state index contributed by atoms with van der Waals surface area (Å²) in [5, 5.41) is 8.99. The summed E-state index contributed by atoms with van der Waals surface area (Å²) in [6.45, 7) is 3.51. The van der Waals surface area contributed by atoms with Gasteiger partial charge in [-0.25, -0.2) is 4.79 Å². The van der Waals surface area contributed by atoms with Gasteiger partial charge in [0.15, 0.2) is 6.61 Å². The van der Waals surface area contributed by atoms with E-state index < -0.39 is 18.5 Å². The molecule has 0 unspecified atom stereocenters. The molecule has 3 rings (SSSR count). The van der Waals surface area contributed by atoms with E-state index in [9.17, 15) is 14.4 Å². The molecule has 3 aromatic rings. The van der Waals surface area contributed by atoms with Gasteiger partial charge in [0.1, 0.15) is 18.1 Å². The van der Waals surface area contributed by atoms with Crippen LogP contribution in [0.5, 0.6) is 5.75 Å². The van der Waals surface area contributed by atoms with Crippen molar-refractivity contribution in [3.8, 4) is 5.75 Å². The standard InChI is InChI=1S/C23H23N3O6/c1-14-20(15(2)32-26-14)12-30-19-10-6-17(7-11-19)23(29)31-13-21(27)25-18-8-4-16(5-9-18)22(28)24-3/h4-11H,12-13H2,1-3H3,(H,24,28)(H,25,27). The predicted molar refractivity (Wildman–Crippen MR) is 115 cm³/mol. The van der Waals surface area contributed by atoms with Crippen molar-refractivity contribution in [2.45, 2.75) is 20.5 Å². The Morgan fingerprint density at radius 2 is 1.62 bits per heavy atom. The fraction of sp³-hybridized carbons (Fsp3) is 0.217. The fourth-order valence-corrected chi connectivity index (χ4v) is 2.81. The molecule has 0 atom stereocenters. The number of hydrogen-bond acceptors (Lipinski definition) is 7. The Hall–Kier alpha value is -4.14. The smallest absolute Gasteiger partial charge is 0.338 e. The lowest BCUT2D eigenvalue weighted by Crippen LogP contribution is -2.21. The molecule has 0 fully saturated rings. The highest BCUT2D eigenvalue weighted by Crippen LogP contribution is 2.18. The molecule has 1 aromatic heterocycles. The van der Waals surface area contributed by atoms with Gasteiger partial charge in [-0.3, -0.25) is 9.59 Å². The van der Waals surface area contributed by atoms with E-state index in [0.717, 1.165) is 11.3 Å². The lowest BCUT2D eigenvalue weighted by Gasteiger charge is -2.09. The van der Waals surface area contributed by atoms with E-state index in [2.05, 4.69) is 15.8 Å². The van der Waals surface area contributed by atoms with E-state index in [1.54, 1.807) is 48.5 Å². The largest absolute Gasteiger partial charge is 0.489 e.